The zero-order chi connectivity index (χ0) is 29.3. The fourth-order valence-corrected chi connectivity index (χ4v) is 4.12. The summed E-state index contributed by atoms with van der Waals surface area (Å²) in [6.45, 7) is 14.6. The van der Waals surface area contributed by atoms with Gasteiger partial charge in [-0.15, -0.1) is 0 Å². The number of carbonyl (C=O) groups is 3. The summed E-state index contributed by atoms with van der Waals surface area (Å²) in [5.74, 6) is -2.03. The largest absolute Gasteiger partial charge is 0.484 e. The highest BCUT2D eigenvalue weighted by atomic mass is 31.2. The summed E-state index contributed by atoms with van der Waals surface area (Å²) in [7, 11) is -4.60. The third kappa shape index (κ3) is 15.2. The Kier molecular flexibility index (Phi) is 17.8. The molecular formula is C27H45O10P. The lowest BCUT2D eigenvalue weighted by molar-refractivity contribution is -0.174. The molecule has 11 heteroatoms. The Bertz CT molecular complexity index is 791. The molecule has 38 heavy (non-hydrogen) atoms. The first-order valence-electron chi connectivity index (χ1n) is 13.1. The van der Waals surface area contributed by atoms with Crippen molar-refractivity contribution in [3.63, 3.8) is 0 Å². The van der Waals surface area contributed by atoms with Crippen LogP contribution in [0.15, 0.2) is 34.9 Å². The molecule has 0 saturated carbocycles. The monoisotopic (exact) mass is 560 g/mol. The third-order valence-electron chi connectivity index (χ3n) is 4.84. The highest BCUT2D eigenvalue weighted by Gasteiger charge is 2.37. The van der Waals surface area contributed by atoms with E-state index in [2.05, 4.69) is 0 Å². The molecular weight excluding hydrogens is 515 g/mol. The maximum atomic E-state index is 13.5. The van der Waals surface area contributed by atoms with Gasteiger partial charge in [0.1, 0.15) is 0 Å². The van der Waals surface area contributed by atoms with Gasteiger partial charge in [-0.1, -0.05) is 58.3 Å². The first kappa shape index (κ1) is 35.7. The van der Waals surface area contributed by atoms with Crippen molar-refractivity contribution >= 4 is 25.7 Å². The molecule has 0 aromatic rings. The van der Waals surface area contributed by atoms with Gasteiger partial charge < -0.3 is 14.2 Å². The zero-order valence-electron chi connectivity index (χ0n) is 24.2. The van der Waals surface area contributed by atoms with Crippen LogP contribution >= 0.6 is 7.82 Å². The first-order valence-corrected chi connectivity index (χ1v) is 14.5. The molecule has 0 aliphatic heterocycles. The van der Waals surface area contributed by atoms with Gasteiger partial charge in [0, 0.05) is 16.7 Å². The number of hydrogen-bond acceptors (Lipinski definition) is 10. The van der Waals surface area contributed by atoms with Gasteiger partial charge in [0.2, 0.25) is 18.9 Å². The second-order valence-corrected chi connectivity index (χ2v) is 10.2. The molecule has 0 heterocycles. The Morgan fingerprint density at radius 2 is 0.816 bits per heavy atom. The van der Waals surface area contributed by atoms with Crippen molar-refractivity contribution in [3.8, 4) is 0 Å². The molecule has 0 rings (SSSR count). The van der Waals surface area contributed by atoms with E-state index in [1.54, 1.807) is 39.0 Å². The van der Waals surface area contributed by atoms with Gasteiger partial charge in [0.15, 0.2) is 0 Å². The highest BCUT2D eigenvalue weighted by molar-refractivity contribution is 7.48. The van der Waals surface area contributed by atoms with Crippen LogP contribution in [-0.4, -0.2) is 36.8 Å². The lowest BCUT2D eigenvalue weighted by Gasteiger charge is -2.26. The van der Waals surface area contributed by atoms with Crippen molar-refractivity contribution in [3.05, 3.63) is 34.9 Å². The molecule has 3 atom stereocenters. The van der Waals surface area contributed by atoms with Crippen molar-refractivity contribution < 1.29 is 46.7 Å². The molecule has 10 nitrogen and oxygen atoms in total. The second kappa shape index (κ2) is 18.9. The number of allylic oxidation sites excluding steroid dienone is 3. The Labute approximate surface area is 227 Å². The van der Waals surface area contributed by atoms with E-state index in [4.69, 9.17) is 27.8 Å². The van der Waals surface area contributed by atoms with Crippen molar-refractivity contribution in [2.24, 2.45) is 0 Å². The number of phosphoric acid groups is 1. The van der Waals surface area contributed by atoms with E-state index in [-0.39, 0.29) is 0 Å². The molecule has 0 aliphatic rings. The standard InChI is InChI=1S/C27H45O10P/c1-10-13-16-19(4)25(28)32-22(7)35-38(31,36-23(8)33-26(29)20(5)17-14-11-2)37-24(9)34-27(30)21(6)18-15-12-3/h16-18,22-24H,10-15H2,1-9H3/b19-16+,20-17+,21-18+. The maximum absolute atomic E-state index is 13.5. The summed E-state index contributed by atoms with van der Waals surface area (Å²) in [5, 5.41) is 0. The molecule has 3 unspecified atom stereocenters. The lowest BCUT2D eigenvalue weighted by Crippen LogP contribution is -2.25. The minimum atomic E-state index is -4.60. The smallest absolute Gasteiger partial charge is 0.432 e. The van der Waals surface area contributed by atoms with E-state index >= 15 is 0 Å². The first-order chi connectivity index (χ1) is 17.8. The van der Waals surface area contributed by atoms with Gasteiger partial charge in [0.05, 0.1) is 0 Å². The van der Waals surface area contributed by atoms with Crippen LogP contribution in [0, 0.1) is 0 Å². The van der Waals surface area contributed by atoms with Crippen LogP contribution in [0.25, 0.3) is 0 Å². The van der Waals surface area contributed by atoms with Crippen LogP contribution in [0.1, 0.15) is 101 Å². The van der Waals surface area contributed by atoms with Crippen LogP contribution in [0.5, 0.6) is 0 Å². The minimum absolute atomic E-state index is 0.354. The molecule has 0 aromatic carbocycles. The van der Waals surface area contributed by atoms with E-state index in [0.29, 0.717) is 36.0 Å². The Morgan fingerprint density at radius 1 is 0.579 bits per heavy atom. The Morgan fingerprint density at radius 3 is 1.03 bits per heavy atom. The summed E-state index contributed by atoms with van der Waals surface area (Å²) in [5.41, 5.74) is 1.06. The highest BCUT2D eigenvalue weighted by Crippen LogP contribution is 2.53. The molecule has 0 fully saturated rings. The number of hydrogen-bond donors (Lipinski definition) is 0. The van der Waals surface area contributed by atoms with Gasteiger partial charge in [0.25, 0.3) is 0 Å². The SMILES string of the molecule is CCC/C=C(\C)C(=O)OC(C)OP(=O)(OC(C)OC(=O)/C(C)=C/CCC)OC(C)OC(=O)/C(C)=C/CCC. The topological polar surface area (TPSA) is 124 Å². The maximum Gasteiger partial charge on any atom is 0.484 e. The summed E-state index contributed by atoms with van der Waals surface area (Å²) in [6, 6.07) is 0. The van der Waals surface area contributed by atoms with E-state index in [1.807, 2.05) is 20.8 Å². The quantitative estimate of drug-likeness (QED) is 0.0566. The summed E-state index contributed by atoms with van der Waals surface area (Å²) in [4.78, 5) is 36.9. The molecule has 0 bridgehead atoms. The minimum Gasteiger partial charge on any atom is -0.432 e. The summed E-state index contributed by atoms with van der Waals surface area (Å²) >= 11 is 0. The number of rotatable bonds is 18. The van der Waals surface area contributed by atoms with Crippen LogP contribution in [-0.2, 0) is 46.7 Å². The number of carbonyl (C=O) groups excluding carboxylic acids is 3. The van der Waals surface area contributed by atoms with Gasteiger partial charge in [-0.05, 0) is 60.8 Å². The lowest BCUT2D eigenvalue weighted by atomic mass is 10.2. The molecule has 0 N–H and O–H groups in total. The molecule has 0 saturated heterocycles. The molecule has 0 aromatic heterocycles. The predicted molar refractivity (Wildman–Crippen MR) is 144 cm³/mol. The zero-order valence-corrected chi connectivity index (χ0v) is 25.1. The molecule has 0 radical (unpaired) electrons. The van der Waals surface area contributed by atoms with E-state index in [1.165, 1.54) is 20.8 Å². The second-order valence-electron chi connectivity index (χ2n) is 8.71. The molecule has 0 amide bonds. The van der Waals surface area contributed by atoms with E-state index in [0.717, 1.165) is 19.3 Å². The fraction of sp³-hybridized carbons (Fsp3) is 0.667. The van der Waals surface area contributed by atoms with Crippen molar-refractivity contribution in [2.75, 3.05) is 0 Å². The van der Waals surface area contributed by atoms with Gasteiger partial charge in [-0.3, -0.25) is 0 Å². The van der Waals surface area contributed by atoms with Crippen LogP contribution in [0.2, 0.25) is 0 Å². The molecule has 0 spiro atoms. The van der Waals surface area contributed by atoms with Crippen LogP contribution < -0.4 is 0 Å². The van der Waals surface area contributed by atoms with E-state index in [9.17, 15) is 18.9 Å². The molecule has 218 valence electrons. The summed E-state index contributed by atoms with van der Waals surface area (Å²) < 4.78 is 45.2. The van der Waals surface area contributed by atoms with Crippen LogP contribution in [0.4, 0.5) is 0 Å². The fourth-order valence-electron chi connectivity index (χ4n) is 2.75. The number of unbranched alkanes of at least 4 members (excludes halogenated alkanes) is 3. The number of esters is 3. The molecule has 0 aliphatic carbocycles. The Balaban J connectivity index is 5.61. The average molecular weight is 561 g/mol. The average Bonchev–Trinajstić information content (AvgIpc) is 2.82. The predicted octanol–water partition coefficient (Wildman–Crippen LogP) is 7.05. The van der Waals surface area contributed by atoms with Crippen molar-refractivity contribution in [1.29, 1.82) is 0 Å². The van der Waals surface area contributed by atoms with E-state index < -0.39 is 44.6 Å². The van der Waals surface area contributed by atoms with Gasteiger partial charge in [-0.2, -0.15) is 0 Å². The number of phosphoric ester groups is 1. The normalized spacial score (nSPS) is 16.7. The van der Waals surface area contributed by atoms with Crippen molar-refractivity contribution in [2.45, 2.75) is 120 Å². The summed E-state index contributed by atoms with van der Waals surface area (Å²) in [6.07, 6.45) is 5.63. The third-order valence-corrected chi connectivity index (χ3v) is 6.50. The number of ether oxygens (including phenoxy) is 3. The van der Waals surface area contributed by atoms with Crippen LogP contribution in [0.3, 0.4) is 0 Å². The van der Waals surface area contributed by atoms with Crippen molar-refractivity contribution in [1.82, 2.24) is 0 Å². The Hall–Kier alpha value is -2.26. The van der Waals surface area contributed by atoms with Gasteiger partial charge >= 0.3 is 25.7 Å². The van der Waals surface area contributed by atoms with Gasteiger partial charge in [-0.25, -0.2) is 32.5 Å².